The lowest BCUT2D eigenvalue weighted by Crippen LogP contribution is -2.25. The standard InChI is InChI=1S/C9H9ClO3/c1-9(10,8(12)13)6-2-4-7(11)5-3-6/h2-5,11H,1H3,(H,12,13). The number of carbonyl (C=O) groups is 1. The Hall–Kier alpha value is -1.22. The summed E-state index contributed by atoms with van der Waals surface area (Å²) in [7, 11) is 0. The minimum atomic E-state index is -1.44. The lowest BCUT2D eigenvalue weighted by molar-refractivity contribution is -0.139. The average molecular weight is 201 g/mol. The van der Waals surface area contributed by atoms with Crippen molar-refractivity contribution in [2.24, 2.45) is 0 Å². The summed E-state index contributed by atoms with van der Waals surface area (Å²) in [4.78, 5) is 9.28. The number of hydrogen-bond donors (Lipinski definition) is 2. The van der Waals surface area contributed by atoms with Gasteiger partial charge in [0, 0.05) is 0 Å². The third-order valence-corrected chi connectivity index (χ3v) is 2.19. The van der Waals surface area contributed by atoms with E-state index in [9.17, 15) is 4.79 Å². The predicted octanol–water partition coefficient (Wildman–Crippen LogP) is 1.93. The Kier molecular flexibility index (Phi) is 2.48. The van der Waals surface area contributed by atoms with Gasteiger partial charge in [-0.2, -0.15) is 0 Å². The van der Waals surface area contributed by atoms with Crippen LogP contribution in [0.25, 0.3) is 0 Å². The summed E-state index contributed by atoms with van der Waals surface area (Å²) in [5.74, 6) is -1.03. The summed E-state index contributed by atoms with van der Waals surface area (Å²) < 4.78 is 0. The second-order valence-corrected chi connectivity index (χ2v) is 3.61. The second-order valence-electron chi connectivity index (χ2n) is 2.85. The lowest BCUT2D eigenvalue weighted by atomic mass is 10.0. The van der Waals surface area contributed by atoms with Crippen LogP contribution < -0.4 is 0 Å². The van der Waals surface area contributed by atoms with Gasteiger partial charge in [0.15, 0.2) is 4.87 Å². The third-order valence-electron chi connectivity index (χ3n) is 1.81. The minimum absolute atomic E-state index is 0.0848. The van der Waals surface area contributed by atoms with E-state index in [0.717, 1.165) is 0 Å². The van der Waals surface area contributed by atoms with Gasteiger partial charge in [-0.1, -0.05) is 12.1 Å². The van der Waals surface area contributed by atoms with Gasteiger partial charge in [0.2, 0.25) is 0 Å². The maximum atomic E-state index is 10.7. The molecule has 1 atom stereocenters. The van der Waals surface area contributed by atoms with Crippen LogP contribution in [-0.2, 0) is 9.67 Å². The first-order valence-corrected chi connectivity index (χ1v) is 4.04. The molecule has 0 aromatic heterocycles. The Bertz CT molecular complexity index is 316. The maximum Gasteiger partial charge on any atom is 0.329 e. The molecule has 0 fully saturated rings. The van der Waals surface area contributed by atoms with Gasteiger partial charge in [0.05, 0.1) is 0 Å². The molecular weight excluding hydrogens is 192 g/mol. The van der Waals surface area contributed by atoms with Crippen molar-refractivity contribution < 1.29 is 15.0 Å². The van der Waals surface area contributed by atoms with Gasteiger partial charge in [-0.3, -0.25) is 0 Å². The zero-order valence-corrected chi connectivity index (χ0v) is 7.75. The predicted molar refractivity (Wildman–Crippen MR) is 48.9 cm³/mol. The summed E-state index contributed by atoms with van der Waals surface area (Å²) in [5, 5.41) is 17.7. The van der Waals surface area contributed by atoms with Crippen molar-refractivity contribution in [2.75, 3.05) is 0 Å². The maximum absolute atomic E-state index is 10.7. The molecule has 0 heterocycles. The van der Waals surface area contributed by atoms with Crippen LogP contribution in [0.2, 0.25) is 0 Å². The molecule has 0 bridgehead atoms. The van der Waals surface area contributed by atoms with Gasteiger partial charge in [0.1, 0.15) is 5.75 Å². The van der Waals surface area contributed by atoms with Crippen LogP contribution >= 0.6 is 11.6 Å². The van der Waals surface area contributed by atoms with E-state index in [1.807, 2.05) is 0 Å². The Morgan fingerprint density at radius 3 is 2.23 bits per heavy atom. The normalized spacial score (nSPS) is 14.9. The van der Waals surface area contributed by atoms with Crippen molar-refractivity contribution in [3.05, 3.63) is 29.8 Å². The molecule has 1 aromatic carbocycles. The molecule has 1 aromatic rings. The Labute approximate surface area is 80.6 Å². The molecule has 0 radical (unpaired) electrons. The van der Waals surface area contributed by atoms with Crippen molar-refractivity contribution in [3.63, 3.8) is 0 Å². The number of aromatic hydroxyl groups is 1. The highest BCUT2D eigenvalue weighted by Gasteiger charge is 2.32. The average Bonchev–Trinajstić information content (AvgIpc) is 2.04. The number of rotatable bonds is 2. The van der Waals surface area contributed by atoms with E-state index >= 15 is 0 Å². The highest BCUT2D eigenvalue weighted by molar-refractivity contribution is 6.33. The van der Waals surface area contributed by atoms with Crippen LogP contribution in [0.5, 0.6) is 5.75 Å². The van der Waals surface area contributed by atoms with Gasteiger partial charge in [0.25, 0.3) is 0 Å². The van der Waals surface area contributed by atoms with Crippen LogP contribution in [0.3, 0.4) is 0 Å². The first kappa shape index (κ1) is 9.86. The molecule has 0 spiro atoms. The van der Waals surface area contributed by atoms with E-state index < -0.39 is 10.8 Å². The smallest absolute Gasteiger partial charge is 0.329 e. The van der Waals surface area contributed by atoms with Gasteiger partial charge in [-0.15, -0.1) is 11.6 Å². The number of hydrogen-bond acceptors (Lipinski definition) is 2. The van der Waals surface area contributed by atoms with E-state index in [0.29, 0.717) is 5.56 Å². The van der Waals surface area contributed by atoms with E-state index in [4.69, 9.17) is 21.8 Å². The van der Waals surface area contributed by atoms with E-state index in [1.165, 1.54) is 31.2 Å². The topological polar surface area (TPSA) is 57.5 Å². The SMILES string of the molecule is CC(Cl)(C(=O)O)c1ccc(O)cc1. The van der Waals surface area contributed by atoms with Crippen LogP contribution in [0.4, 0.5) is 0 Å². The first-order chi connectivity index (χ1) is 5.94. The van der Waals surface area contributed by atoms with Gasteiger partial charge >= 0.3 is 5.97 Å². The summed E-state index contributed by atoms with van der Waals surface area (Å²) in [6, 6.07) is 5.77. The number of aliphatic carboxylic acids is 1. The number of benzene rings is 1. The lowest BCUT2D eigenvalue weighted by Gasteiger charge is -2.16. The first-order valence-electron chi connectivity index (χ1n) is 3.66. The molecule has 70 valence electrons. The second kappa shape index (κ2) is 3.26. The molecule has 1 unspecified atom stereocenters. The fourth-order valence-electron chi connectivity index (χ4n) is 0.898. The molecule has 0 aliphatic carbocycles. The van der Waals surface area contributed by atoms with Crippen molar-refractivity contribution in [2.45, 2.75) is 11.8 Å². The molecule has 13 heavy (non-hydrogen) atoms. The summed E-state index contributed by atoms with van der Waals surface area (Å²) in [5.41, 5.74) is 0.444. The van der Waals surface area contributed by atoms with Gasteiger partial charge < -0.3 is 10.2 Å². The number of phenols is 1. The van der Waals surface area contributed by atoms with Crippen LogP contribution in [0, 0.1) is 0 Å². The number of alkyl halides is 1. The molecule has 0 amide bonds. The summed E-state index contributed by atoms with van der Waals surface area (Å²) >= 11 is 5.77. The van der Waals surface area contributed by atoms with E-state index in [1.54, 1.807) is 0 Å². The van der Waals surface area contributed by atoms with Crippen LogP contribution in [0.1, 0.15) is 12.5 Å². The highest BCUT2D eigenvalue weighted by atomic mass is 35.5. The monoisotopic (exact) mass is 200 g/mol. The molecule has 0 aliphatic heterocycles. The van der Waals surface area contributed by atoms with Crippen LogP contribution in [-0.4, -0.2) is 16.2 Å². The molecule has 0 saturated heterocycles. The summed E-state index contributed by atoms with van der Waals surface area (Å²) in [6.07, 6.45) is 0. The molecule has 0 aliphatic rings. The number of phenolic OH excluding ortho intramolecular Hbond substituents is 1. The van der Waals surface area contributed by atoms with Crippen molar-refractivity contribution >= 4 is 17.6 Å². The zero-order valence-electron chi connectivity index (χ0n) is 6.99. The highest BCUT2D eigenvalue weighted by Crippen LogP contribution is 2.29. The molecule has 0 saturated carbocycles. The summed E-state index contributed by atoms with van der Waals surface area (Å²) in [6.45, 7) is 1.39. The molecule has 1 rings (SSSR count). The number of carboxylic acid groups (broad SMARTS) is 1. The number of carboxylic acids is 1. The fourth-order valence-corrected chi connectivity index (χ4v) is 1.02. The quantitative estimate of drug-likeness (QED) is 0.718. The Morgan fingerprint density at radius 1 is 1.38 bits per heavy atom. The molecular formula is C9H9ClO3. The van der Waals surface area contributed by atoms with Crippen molar-refractivity contribution in [3.8, 4) is 5.75 Å². The molecule has 3 nitrogen and oxygen atoms in total. The zero-order chi connectivity index (χ0) is 10.1. The van der Waals surface area contributed by atoms with Gasteiger partial charge in [-0.05, 0) is 24.6 Å². The minimum Gasteiger partial charge on any atom is -0.508 e. The Morgan fingerprint density at radius 2 is 1.85 bits per heavy atom. The number of halogens is 1. The van der Waals surface area contributed by atoms with Gasteiger partial charge in [-0.25, -0.2) is 4.79 Å². The fraction of sp³-hybridized carbons (Fsp3) is 0.222. The van der Waals surface area contributed by atoms with Crippen LogP contribution in [0.15, 0.2) is 24.3 Å². The van der Waals surface area contributed by atoms with E-state index in [-0.39, 0.29) is 5.75 Å². The Balaban J connectivity index is 3.08. The third kappa shape index (κ3) is 1.92. The van der Waals surface area contributed by atoms with E-state index in [2.05, 4.69) is 0 Å². The molecule has 2 N–H and O–H groups in total. The largest absolute Gasteiger partial charge is 0.508 e. The molecule has 4 heteroatoms. The van der Waals surface area contributed by atoms with Crippen molar-refractivity contribution in [1.29, 1.82) is 0 Å². The van der Waals surface area contributed by atoms with Crippen molar-refractivity contribution in [1.82, 2.24) is 0 Å².